The maximum atomic E-state index is 13.7. The third kappa shape index (κ3) is 4.66. The van der Waals surface area contributed by atoms with Crippen molar-refractivity contribution in [2.24, 2.45) is 0 Å². The van der Waals surface area contributed by atoms with Gasteiger partial charge in [0.1, 0.15) is 5.69 Å². The number of aryl methyl sites for hydroxylation is 1. The largest absolute Gasteiger partial charge is 0.329 e. The van der Waals surface area contributed by atoms with Crippen LogP contribution in [0.4, 0.5) is 0 Å². The summed E-state index contributed by atoms with van der Waals surface area (Å²) in [5, 5.41) is 0.804. The molecule has 3 aromatic rings. The first-order valence-electron chi connectivity index (χ1n) is 9.61. The summed E-state index contributed by atoms with van der Waals surface area (Å²) in [6, 6.07) is 17.1. The quantitative estimate of drug-likeness (QED) is 0.504. The number of benzene rings is 2. The number of sulfone groups is 1. The van der Waals surface area contributed by atoms with Gasteiger partial charge in [0.05, 0.1) is 21.4 Å². The van der Waals surface area contributed by atoms with Crippen LogP contribution < -0.4 is 0 Å². The molecule has 1 aromatic heterocycles. The van der Waals surface area contributed by atoms with E-state index in [2.05, 4.69) is 20.9 Å². The topological polar surface area (TPSA) is 67.3 Å². The molecule has 2 aromatic carbocycles. The lowest BCUT2D eigenvalue weighted by molar-refractivity contribution is 0.0676. The fraction of sp³-hybridized carbons (Fsp3) is 0.273. The highest BCUT2D eigenvalue weighted by Crippen LogP contribution is 2.32. The Kier molecular flexibility index (Phi) is 6.09. The molecule has 5 nitrogen and oxygen atoms in total. The highest BCUT2D eigenvalue weighted by atomic mass is 79.9. The standard InChI is InChI=1S/C22H21BrN2O3S2/c1-15-24-20(21(29-15)17-7-3-2-4-8-17)22(26)25(19-10-11-30(27,28)14-19)13-16-6-5-9-18(23)12-16/h2-9,12,19H,10-11,13-14H2,1H3. The van der Waals surface area contributed by atoms with E-state index < -0.39 is 9.84 Å². The van der Waals surface area contributed by atoms with Gasteiger partial charge in [0, 0.05) is 17.1 Å². The van der Waals surface area contributed by atoms with Crippen molar-refractivity contribution in [3.63, 3.8) is 0 Å². The van der Waals surface area contributed by atoms with Gasteiger partial charge in [-0.15, -0.1) is 11.3 Å². The van der Waals surface area contributed by atoms with Crippen LogP contribution >= 0.6 is 27.3 Å². The van der Waals surface area contributed by atoms with Gasteiger partial charge in [-0.05, 0) is 36.6 Å². The molecular weight excluding hydrogens is 484 g/mol. The zero-order valence-corrected chi connectivity index (χ0v) is 19.6. The van der Waals surface area contributed by atoms with E-state index in [4.69, 9.17) is 0 Å². The van der Waals surface area contributed by atoms with E-state index in [0.717, 1.165) is 25.5 Å². The molecule has 1 fully saturated rings. The van der Waals surface area contributed by atoms with Crippen molar-refractivity contribution in [3.05, 3.63) is 75.3 Å². The van der Waals surface area contributed by atoms with E-state index in [1.807, 2.05) is 61.5 Å². The van der Waals surface area contributed by atoms with Gasteiger partial charge in [-0.3, -0.25) is 4.79 Å². The van der Waals surface area contributed by atoms with E-state index in [9.17, 15) is 13.2 Å². The van der Waals surface area contributed by atoms with Gasteiger partial charge in [0.15, 0.2) is 9.84 Å². The van der Waals surface area contributed by atoms with Crippen LogP contribution in [0.15, 0.2) is 59.1 Å². The Morgan fingerprint density at radius 2 is 1.97 bits per heavy atom. The third-order valence-electron chi connectivity index (χ3n) is 5.12. The average Bonchev–Trinajstić information content (AvgIpc) is 3.28. The molecule has 156 valence electrons. The minimum Gasteiger partial charge on any atom is -0.329 e. The van der Waals surface area contributed by atoms with Crippen LogP contribution in [0, 0.1) is 6.92 Å². The minimum atomic E-state index is -3.13. The molecule has 0 aliphatic carbocycles. The molecule has 4 rings (SSSR count). The van der Waals surface area contributed by atoms with Crippen LogP contribution in [0.5, 0.6) is 0 Å². The molecule has 0 bridgehead atoms. The fourth-order valence-corrected chi connectivity index (χ4v) is 6.81. The van der Waals surface area contributed by atoms with Crippen molar-refractivity contribution >= 4 is 43.0 Å². The number of aromatic nitrogens is 1. The van der Waals surface area contributed by atoms with Gasteiger partial charge >= 0.3 is 0 Å². The second-order valence-corrected chi connectivity index (χ2v) is 11.7. The Bertz CT molecular complexity index is 1180. The van der Waals surface area contributed by atoms with Gasteiger partial charge in [0.2, 0.25) is 0 Å². The fourth-order valence-electron chi connectivity index (χ4n) is 3.71. The second-order valence-electron chi connectivity index (χ2n) is 7.40. The Balaban J connectivity index is 1.73. The van der Waals surface area contributed by atoms with E-state index >= 15 is 0 Å². The number of halogens is 1. The van der Waals surface area contributed by atoms with E-state index in [-0.39, 0.29) is 23.5 Å². The highest BCUT2D eigenvalue weighted by Gasteiger charge is 2.36. The Morgan fingerprint density at radius 3 is 2.63 bits per heavy atom. The first kappa shape index (κ1) is 21.2. The van der Waals surface area contributed by atoms with Gasteiger partial charge in [0.25, 0.3) is 5.91 Å². The number of thiazole rings is 1. The number of carbonyl (C=O) groups is 1. The zero-order valence-electron chi connectivity index (χ0n) is 16.4. The lowest BCUT2D eigenvalue weighted by Crippen LogP contribution is -2.41. The molecule has 8 heteroatoms. The van der Waals surface area contributed by atoms with Crippen molar-refractivity contribution in [2.45, 2.75) is 25.9 Å². The number of hydrogen-bond acceptors (Lipinski definition) is 5. The molecule has 1 aliphatic rings. The summed E-state index contributed by atoms with van der Waals surface area (Å²) in [5.41, 5.74) is 2.27. The highest BCUT2D eigenvalue weighted by molar-refractivity contribution is 9.10. The predicted octanol–water partition coefficient (Wildman–Crippen LogP) is 4.71. The zero-order chi connectivity index (χ0) is 21.3. The van der Waals surface area contributed by atoms with E-state index in [1.165, 1.54) is 11.3 Å². The summed E-state index contributed by atoms with van der Waals surface area (Å²) in [5.74, 6) is -0.113. The van der Waals surface area contributed by atoms with Gasteiger partial charge < -0.3 is 4.90 Å². The van der Waals surface area contributed by atoms with Crippen LogP contribution in [-0.4, -0.2) is 41.8 Å². The number of amides is 1. The van der Waals surface area contributed by atoms with Gasteiger partial charge in [-0.1, -0.05) is 58.4 Å². The van der Waals surface area contributed by atoms with Crippen LogP contribution in [0.3, 0.4) is 0 Å². The molecule has 0 spiro atoms. The summed E-state index contributed by atoms with van der Waals surface area (Å²) in [6.07, 6.45) is 0.450. The Labute approximate surface area is 188 Å². The molecular formula is C22H21BrN2O3S2. The van der Waals surface area contributed by atoms with Gasteiger partial charge in [-0.25, -0.2) is 13.4 Å². The van der Waals surface area contributed by atoms with Crippen LogP contribution in [0.25, 0.3) is 10.4 Å². The van der Waals surface area contributed by atoms with E-state index in [1.54, 1.807) is 4.90 Å². The van der Waals surface area contributed by atoms with Crippen molar-refractivity contribution in [1.82, 2.24) is 9.88 Å². The lowest BCUT2D eigenvalue weighted by atomic mass is 10.1. The maximum Gasteiger partial charge on any atom is 0.274 e. The van der Waals surface area contributed by atoms with Crippen LogP contribution in [-0.2, 0) is 16.4 Å². The normalized spacial score (nSPS) is 17.7. The molecule has 0 radical (unpaired) electrons. The van der Waals surface area contributed by atoms with Crippen molar-refractivity contribution in [3.8, 4) is 10.4 Å². The molecule has 2 heterocycles. The molecule has 1 unspecified atom stereocenters. The second kappa shape index (κ2) is 8.61. The summed E-state index contributed by atoms with van der Waals surface area (Å²) in [6.45, 7) is 2.22. The first-order chi connectivity index (χ1) is 14.3. The van der Waals surface area contributed by atoms with Gasteiger partial charge in [-0.2, -0.15) is 0 Å². The average molecular weight is 505 g/mol. The number of rotatable bonds is 5. The number of carbonyl (C=O) groups excluding carboxylic acids is 1. The van der Waals surface area contributed by atoms with Crippen molar-refractivity contribution in [2.75, 3.05) is 11.5 Å². The summed E-state index contributed by atoms with van der Waals surface area (Å²) < 4.78 is 25.2. The summed E-state index contributed by atoms with van der Waals surface area (Å²) in [7, 11) is -3.13. The van der Waals surface area contributed by atoms with Crippen molar-refractivity contribution in [1.29, 1.82) is 0 Å². The predicted molar refractivity (Wildman–Crippen MR) is 123 cm³/mol. The lowest BCUT2D eigenvalue weighted by Gasteiger charge is -2.28. The molecule has 1 amide bonds. The van der Waals surface area contributed by atoms with Crippen LogP contribution in [0.1, 0.15) is 27.5 Å². The summed E-state index contributed by atoms with van der Waals surface area (Å²) in [4.78, 5) is 20.8. The molecule has 0 N–H and O–H groups in total. The third-order valence-corrected chi connectivity index (χ3v) is 8.39. The molecule has 30 heavy (non-hydrogen) atoms. The SMILES string of the molecule is Cc1nc(C(=O)N(Cc2cccc(Br)c2)C2CCS(=O)(=O)C2)c(-c2ccccc2)s1. The Morgan fingerprint density at radius 1 is 1.20 bits per heavy atom. The van der Waals surface area contributed by atoms with Crippen LogP contribution in [0.2, 0.25) is 0 Å². The minimum absolute atomic E-state index is 0.00344. The van der Waals surface area contributed by atoms with E-state index in [0.29, 0.717) is 18.7 Å². The number of hydrogen-bond donors (Lipinski definition) is 0. The molecule has 1 atom stereocenters. The monoisotopic (exact) mass is 504 g/mol. The first-order valence-corrected chi connectivity index (χ1v) is 13.0. The maximum absolute atomic E-state index is 13.7. The molecule has 1 aliphatic heterocycles. The Hall–Kier alpha value is -2.03. The summed E-state index contributed by atoms with van der Waals surface area (Å²) >= 11 is 4.95. The smallest absolute Gasteiger partial charge is 0.274 e. The number of nitrogens with zero attached hydrogens (tertiary/aromatic N) is 2. The van der Waals surface area contributed by atoms with Crippen molar-refractivity contribution < 1.29 is 13.2 Å². The molecule has 0 saturated carbocycles. The molecule has 1 saturated heterocycles.